The van der Waals surface area contributed by atoms with E-state index in [9.17, 15) is 9.59 Å². The molecule has 1 saturated heterocycles. The van der Waals surface area contributed by atoms with E-state index in [1.165, 1.54) is 11.3 Å². The number of aryl methyl sites for hydroxylation is 1. The van der Waals surface area contributed by atoms with Crippen LogP contribution >= 0.6 is 34.7 Å². The van der Waals surface area contributed by atoms with Crippen LogP contribution in [0.5, 0.6) is 0 Å². The van der Waals surface area contributed by atoms with E-state index in [-0.39, 0.29) is 17.9 Å². The van der Waals surface area contributed by atoms with Gasteiger partial charge < -0.3 is 10.2 Å². The number of nitrogens with zero attached hydrogens (tertiary/aromatic N) is 3. The Balaban J connectivity index is 1.65. The van der Waals surface area contributed by atoms with Crippen LogP contribution in [0, 0.1) is 6.92 Å². The lowest BCUT2D eigenvalue weighted by atomic mass is 10.2. The van der Waals surface area contributed by atoms with Crippen molar-refractivity contribution in [2.45, 2.75) is 39.3 Å². The van der Waals surface area contributed by atoms with Crippen LogP contribution in [0.2, 0.25) is 5.02 Å². The fourth-order valence-corrected chi connectivity index (χ4v) is 5.88. The summed E-state index contributed by atoms with van der Waals surface area (Å²) >= 11 is 9.36. The van der Waals surface area contributed by atoms with Gasteiger partial charge in [-0.05, 0) is 38.5 Å². The van der Waals surface area contributed by atoms with E-state index < -0.39 is 6.04 Å². The molecule has 0 aliphatic carbocycles. The van der Waals surface area contributed by atoms with Crippen molar-refractivity contribution in [1.29, 1.82) is 0 Å². The van der Waals surface area contributed by atoms with Crippen LogP contribution in [0.4, 0.5) is 0 Å². The molecule has 0 saturated carbocycles. The van der Waals surface area contributed by atoms with E-state index in [1.54, 1.807) is 21.3 Å². The predicted molar refractivity (Wildman–Crippen MR) is 124 cm³/mol. The average Bonchev–Trinajstić information content (AvgIpc) is 3.44. The second kappa shape index (κ2) is 8.61. The quantitative estimate of drug-likeness (QED) is 0.607. The fraction of sp³-hybridized carbons (Fsp3) is 0.381. The molecule has 6 nitrogen and oxygen atoms in total. The summed E-state index contributed by atoms with van der Waals surface area (Å²) in [5, 5.41) is 9.14. The molecule has 1 aliphatic heterocycles. The molecule has 1 aliphatic rings. The molecule has 0 bridgehead atoms. The Morgan fingerprint density at radius 2 is 2.13 bits per heavy atom. The van der Waals surface area contributed by atoms with E-state index >= 15 is 0 Å². The molecule has 1 fully saturated rings. The highest BCUT2D eigenvalue weighted by Crippen LogP contribution is 2.34. The standard InChI is InChI=1S/C21H23ClN4O2S2/c1-4-12(2)23-19(27)17-10-29-11-25(17)20(28)18-9-14-13(3)24-26(21(14)30-18)16-8-6-5-7-15(16)22/h5-9,12,17H,4,10-11H2,1-3H3,(H,23,27). The first-order valence-corrected chi connectivity index (χ1v) is 12.2. The van der Waals surface area contributed by atoms with Crippen LogP contribution in [0.15, 0.2) is 30.3 Å². The van der Waals surface area contributed by atoms with Crippen molar-refractivity contribution < 1.29 is 9.59 Å². The summed E-state index contributed by atoms with van der Waals surface area (Å²) in [4.78, 5) is 29.1. The third-order valence-electron chi connectivity index (χ3n) is 5.28. The van der Waals surface area contributed by atoms with Crippen LogP contribution in [0.25, 0.3) is 15.9 Å². The zero-order valence-corrected chi connectivity index (χ0v) is 19.4. The van der Waals surface area contributed by atoms with Gasteiger partial charge in [-0.15, -0.1) is 23.1 Å². The average molecular weight is 463 g/mol. The van der Waals surface area contributed by atoms with E-state index in [0.29, 0.717) is 21.5 Å². The first-order chi connectivity index (χ1) is 14.4. The van der Waals surface area contributed by atoms with Gasteiger partial charge in [-0.2, -0.15) is 5.10 Å². The molecule has 2 unspecified atom stereocenters. The van der Waals surface area contributed by atoms with Crippen LogP contribution in [-0.2, 0) is 4.79 Å². The molecule has 2 atom stereocenters. The monoisotopic (exact) mass is 462 g/mol. The van der Waals surface area contributed by atoms with Crippen molar-refractivity contribution in [1.82, 2.24) is 20.0 Å². The number of para-hydroxylation sites is 1. The fourth-order valence-electron chi connectivity index (χ4n) is 3.38. The Bertz CT molecular complexity index is 1110. The molecular formula is C21H23ClN4O2S2. The number of carbonyl (C=O) groups is 2. The van der Waals surface area contributed by atoms with Gasteiger partial charge in [-0.25, -0.2) is 4.68 Å². The molecular weight excluding hydrogens is 440 g/mol. The zero-order valence-electron chi connectivity index (χ0n) is 17.0. The highest BCUT2D eigenvalue weighted by Gasteiger charge is 2.36. The number of nitrogens with one attached hydrogen (secondary N) is 1. The summed E-state index contributed by atoms with van der Waals surface area (Å²) in [5.74, 6) is 0.935. The Morgan fingerprint density at radius 3 is 2.87 bits per heavy atom. The number of carbonyl (C=O) groups excluding carboxylic acids is 2. The van der Waals surface area contributed by atoms with Crippen LogP contribution < -0.4 is 5.32 Å². The molecule has 4 rings (SSSR count). The van der Waals surface area contributed by atoms with Crippen molar-refractivity contribution in [3.63, 3.8) is 0 Å². The predicted octanol–water partition coefficient (Wildman–Crippen LogP) is 4.48. The highest BCUT2D eigenvalue weighted by atomic mass is 35.5. The van der Waals surface area contributed by atoms with Crippen molar-refractivity contribution in [2.75, 3.05) is 11.6 Å². The third kappa shape index (κ3) is 3.84. The highest BCUT2D eigenvalue weighted by molar-refractivity contribution is 7.99. The van der Waals surface area contributed by atoms with E-state index in [2.05, 4.69) is 10.4 Å². The summed E-state index contributed by atoms with van der Waals surface area (Å²) in [5.41, 5.74) is 1.61. The van der Waals surface area contributed by atoms with E-state index in [0.717, 1.165) is 28.0 Å². The number of amides is 2. The number of hydrogen-bond acceptors (Lipinski definition) is 5. The maximum atomic E-state index is 13.3. The molecule has 158 valence electrons. The van der Waals surface area contributed by atoms with E-state index in [1.807, 2.05) is 51.1 Å². The Hall–Kier alpha value is -2.03. The summed E-state index contributed by atoms with van der Waals surface area (Å²) in [6.45, 7) is 5.92. The Kier molecular flexibility index (Phi) is 6.09. The molecule has 3 heterocycles. The minimum atomic E-state index is -0.442. The number of halogens is 1. The van der Waals surface area contributed by atoms with Crippen LogP contribution in [-0.4, -0.2) is 50.2 Å². The van der Waals surface area contributed by atoms with Gasteiger partial charge in [0.2, 0.25) is 5.91 Å². The normalized spacial score (nSPS) is 17.5. The lowest BCUT2D eigenvalue weighted by Gasteiger charge is -2.24. The number of aromatic nitrogens is 2. The van der Waals surface area contributed by atoms with Crippen molar-refractivity contribution in [2.24, 2.45) is 0 Å². The van der Waals surface area contributed by atoms with Gasteiger partial charge in [0, 0.05) is 17.2 Å². The van der Waals surface area contributed by atoms with Crippen LogP contribution in [0.3, 0.4) is 0 Å². The largest absolute Gasteiger partial charge is 0.352 e. The molecule has 3 aromatic rings. The summed E-state index contributed by atoms with van der Waals surface area (Å²) in [7, 11) is 0. The number of thiophene rings is 1. The minimum absolute atomic E-state index is 0.0813. The second-order valence-electron chi connectivity index (χ2n) is 7.39. The van der Waals surface area contributed by atoms with Gasteiger partial charge in [0.25, 0.3) is 5.91 Å². The van der Waals surface area contributed by atoms with Crippen molar-refractivity contribution in [3.05, 3.63) is 45.9 Å². The maximum Gasteiger partial charge on any atom is 0.265 e. The van der Waals surface area contributed by atoms with Gasteiger partial charge >= 0.3 is 0 Å². The first-order valence-electron chi connectivity index (χ1n) is 9.83. The summed E-state index contributed by atoms with van der Waals surface area (Å²) < 4.78 is 1.79. The lowest BCUT2D eigenvalue weighted by Crippen LogP contribution is -2.49. The summed E-state index contributed by atoms with van der Waals surface area (Å²) in [6.07, 6.45) is 0.855. The van der Waals surface area contributed by atoms with Gasteiger partial charge in [0.15, 0.2) is 0 Å². The molecule has 1 N–H and O–H groups in total. The Morgan fingerprint density at radius 1 is 1.37 bits per heavy atom. The molecule has 1 aromatic carbocycles. The van der Waals surface area contributed by atoms with Crippen LogP contribution in [0.1, 0.15) is 35.6 Å². The first kappa shape index (κ1) is 21.2. The van der Waals surface area contributed by atoms with Gasteiger partial charge in [-0.1, -0.05) is 30.7 Å². The van der Waals surface area contributed by atoms with E-state index in [4.69, 9.17) is 11.6 Å². The molecule has 30 heavy (non-hydrogen) atoms. The smallest absolute Gasteiger partial charge is 0.265 e. The number of fused-ring (bicyclic) bond motifs is 1. The van der Waals surface area contributed by atoms with Gasteiger partial charge in [0.1, 0.15) is 10.9 Å². The SMILES string of the molecule is CCC(C)NC(=O)C1CSCN1C(=O)c1cc2c(C)nn(-c3ccccc3Cl)c2s1. The second-order valence-corrected chi connectivity index (χ2v) is 9.82. The zero-order chi connectivity index (χ0) is 21.4. The molecule has 2 amide bonds. The molecule has 2 aromatic heterocycles. The van der Waals surface area contributed by atoms with Crippen molar-refractivity contribution >= 4 is 56.7 Å². The Labute approximate surface area is 188 Å². The number of benzene rings is 1. The number of hydrogen-bond donors (Lipinski definition) is 1. The molecule has 9 heteroatoms. The molecule has 0 radical (unpaired) electrons. The van der Waals surface area contributed by atoms with Crippen molar-refractivity contribution in [3.8, 4) is 5.69 Å². The topological polar surface area (TPSA) is 67.2 Å². The summed E-state index contributed by atoms with van der Waals surface area (Å²) in [6, 6.07) is 9.04. The lowest BCUT2D eigenvalue weighted by molar-refractivity contribution is -0.125. The minimum Gasteiger partial charge on any atom is -0.352 e. The van der Waals surface area contributed by atoms with Gasteiger partial charge in [-0.3, -0.25) is 9.59 Å². The third-order valence-corrected chi connectivity index (χ3v) is 7.71. The number of rotatable bonds is 5. The maximum absolute atomic E-state index is 13.3. The molecule has 0 spiro atoms. The number of thioether (sulfide) groups is 1. The van der Waals surface area contributed by atoms with Gasteiger partial charge in [0.05, 0.1) is 27.2 Å².